The maximum Gasteiger partial charge on any atom is 2.00 e. The summed E-state index contributed by atoms with van der Waals surface area (Å²) in [5.41, 5.74) is 14.1. The molecular weight excluding hydrogens is 1050 g/mol. The molecule has 0 bridgehead atoms. The number of aryl methyl sites for hydroxylation is 4. The normalized spacial score (nSPS) is 10.9. The van der Waals surface area contributed by atoms with Gasteiger partial charge in [0, 0.05) is 35.4 Å². The first-order valence-corrected chi connectivity index (χ1v) is 19.9. The second kappa shape index (κ2) is 18.4. The van der Waals surface area contributed by atoms with E-state index in [9.17, 15) is 0 Å². The van der Waals surface area contributed by atoms with Gasteiger partial charge in [0.1, 0.15) is 12.7 Å². The van der Waals surface area contributed by atoms with Crippen molar-refractivity contribution >= 4 is 21.8 Å². The fraction of sp³-hybridized carbons (Fsp3) is 0.0755. The van der Waals surface area contributed by atoms with Crippen LogP contribution in [0.15, 0.2) is 146 Å². The van der Waals surface area contributed by atoms with Crippen molar-refractivity contribution in [2.24, 2.45) is 0 Å². The Morgan fingerprint density at radius 1 is 0.444 bits per heavy atom. The quantitative estimate of drug-likeness (QED) is 0.105. The summed E-state index contributed by atoms with van der Waals surface area (Å²) in [4.78, 5) is 22.7. The summed E-state index contributed by atoms with van der Waals surface area (Å²) in [6.07, 6.45) is 6.77. The molecule has 8 nitrogen and oxygen atoms in total. The van der Waals surface area contributed by atoms with Crippen LogP contribution in [0.5, 0.6) is 23.0 Å². The standard InChI is InChI=1S/C53H36N6O2.Pd.Pt/c1-33-9-5-10-34(2)51(33)39-17-23-47(55-29-39)37-13-7-15-41(25-37)60-43-19-21-45-46-22-20-44(28-50(46)59(49(45)27-43)53-57-31-54-32-58-53)61-42-16-8-14-38(26-42)48-24-18-40(30-56-48)52-35(3)11-6-12-36(52)4;;/h5-24,29-32H,1-4H3;;/q-4;2*+2. The van der Waals surface area contributed by atoms with Gasteiger partial charge in [0.15, 0.2) is 0 Å². The van der Waals surface area contributed by atoms with Crippen molar-refractivity contribution in [2.75, 3.05) is 0 Å². The molecule has 0 atom stereocenters. The predicted molar refractivity (Wildman–Crippen MR) is 239 cm³/mol. The van der Waals surface area contributed by atoms with E-state index in [2.05, 4.69) is 115 Å². The Hall–Kier alpha value is -6.62. The number of benzene rings is 6. The van der Waals surface area contributed by atoms with Crippen molar-refractivity contribution in [2.45, 2.75) is 27.7 Å². The minimum atomic E-state index is 0. The van der Waals surface area contributed by atoms with Crippen molar-refractivity contribution < 1.29 is 51.0 Å². The average Bonchev–Trinajstić information content (AvgIpc) is 3.60. The Morgan fingerprint density at radius 2 is 0.857 bits per heavy atom. The number of ether oxygens (including phenoxy) is 2. The van der Waals surface area contributed by atoms with Crippen molar-refractivity contribution in [3.63, 3.8) is 0 Å². The van der Waals surface area contributed by atoms with Gasteiger partial charge in [0.05, 0.1) is 0 Å². The summed E-state index contributed by atoms with van der Waals surface area (Å²) in [7, 11) is 0. The molecule has 0 aliphatic carbocycles. The zero-order chi connectivity index (χ0) is 41.5. The Kier molecular flexibility index (Phi) is 12.6. The van der Waals surface area contributed by atoms with Gasteiger partial charge in [-0.25, -0.2) is 15.0 Å². The first-order chi connectivity index (χ1) is 29.9. The van der Waals surface area contributed by atoms with E-state index in [-0.39, 0.29) is 41.5 Å². The van der Waals surface area contributed by atoms with Crippen molar-refractivity contribution in [3.8, 4) is 73.7 Å². The maximum atomic E-state index is 6.40. The molecule has 0 saturated heterocycles. The monoisotopic (exact) mass is 1090 g/mol. The van der Waals surface area contributed by atoms with Crippen molar-refractivity contribution in [1.29, 1.82) is 0 Å². The van der Waals surface area contributed by atoms with Gasteiger partial charge in [0.2, 0.25) is 5.95 Å². The molecular formula is C53H36N6O2PdPt. The fourth-order valence-corrected chi connectivity index (χ4v) is 7.99. The number of hydrogen-bond acceptors (Lipinski definition) is 7. The Morgan fingerprint density at radius 3 is 1.27 bits per heavy atom. The topological polar surface area (TPSA) is 87.8 Å². The molecule has 0 unspecified atom stereocenters. The van der Waals surface area contributed by atoms with Crippen LogP contribution in [0.25, 0.3) is 72.5 Å². The van der Waals surface area contributed by atoms with Crippen molar-refractivity contribution in [3.05, 3.63) is 193 Å². The van der Waals surface area contributed by atoms with Gasteiger partial charge >= 0.3 is 41.5 Å². The minimum Gasteiger partial charge on any atom is -0.503 e. The van der Waals surface area contributed by atoms with E-state index in [1.807, 2.05) is 89.8 Å². The number of fused-ring (bicyclic) bond motifs is 3. The van der Waals surface area contributed by atoms with E-state index in [0.717, 1.165) is 44.4 Å². The molecule has 0 aliphatic heterocycles. The average molecular weight is 1090 g/mol. The molecule has 0 amide bonds. The Bertz CT molecular complexity index is 3010. The van der Waals surface area contributed by atoms with E-state index < -0.39 is 0 Å². The van der Waals surface area contributed by atoms with E-state index in [0.29, 0.717) is 40.0 Å². The predicted octanol–water partition coefficient (Wildman–Crippen LogP) is 12.4. The third-order valence-electron chi connectivity index (χ3n) is 10.8. The summed E-state index contributed by atoms with van der Waals surface area (Å²) < 4.78 is 14.7. The minimum absolute atomic E-state index is 0. The second-order valence-electron chi connectivity index (χ2n) is 14.9. The number of nitrogens with zero attached hydrogens (tertiary/aromatic N) is 6. The third-order valence-corrected chi connectivity index (χ3v) is 10.8. The molecule has 10 aromatic rings. The van der Waals surface area contributed by atoms with E-state index in [4.69, 9.17) is 19.4 Å². The molecule has 0 aliphatic rings. The van der Waals surface area contributed by atoms with Crippen LogP contribution in [0.3, 0.4) is 0 Å². The SMILES string of the molecule is Cc1cccc(C)c1-c1ccc(-c2[c-]c(Oc3[c-]c4c(cc3)c3ccc(Oc5[c-]c(-c6ccc(-c7c(C)cccc7C)cn6)ccc5)[c-]c3n4-c3ncncn3)ccc2)nc1.[Pd+2].[Pt+2]. The van der Waals surface area contributed by atoms with Crippen LogP contribution in [0.4, 0.5) is 0 Å². The van der Waals surface area contributed by atoms with Crippen LogP contribution in [0.2, 0.25) is 0 Å². The molecule has 10 heteroatoms. The second-order valence-corrected chi connectivity index (χ2v) is 14.9. The summed E-state index contributed by atoms with van der Waals surface area (Å²) >= 11 is 0. The van der Waals surface area contributed by atoms with E-state index >= 15 is 0 Å². The Balaban J connectivity index is 0.00000272. The Labute approximate surface area is 394 Å². The summed E-state index contributed by atoms with van der Waals surface area (Å²) in [6.45, 7) is 8.50. The molecule has 0 radical (unpaired) electrons. The van der Waals surface area contributed by atoms with Crippen LogP contribution in [0.1, 0.15) is 22.3 Å². The van der Waals surface area contributed by atoms with E-state index in [1.54, 1.807) is 0 Å². The summed E-state index contributed by atoms with van der Waals surface area (Å²) in [5, 5.41) is 1.83. The first-order valence-electron chi connectivity index (χ1n) is 19.9. The molecule has 0 saturated carbocycles. The third kappa shape index (κ3) is 8.61. The number of hydrogen-bond donors (Lipinski definition) is 0. The molecule has 10 rings (SSSR count). The van der Waals surface area contributed by atoms with Crippen molar-refractivity contribution in [1.82, 2.24) is 29.5 Å². The number of rotatable bonds is 9. The molecule has 4 aromatic heterocycles. The molecule has 310 valence electrons. The molecule has 0 spiro atoms. The van der Waals surface area contributed by atoms with E-state index in [1.165, 1.54) is 46.0 Å². The molecule has 0 N–H and O–H groups in total. The molecule has 63 heavy (non-hydrogen) atoms. The largest absolute Gasteiger partial charge is 2.00 e. The fourth-order valence-electron chi connectivity index (χ4n) is 7.99. The van der Waals surface area contributed by atoms with Crippen LogP contribution < -0.4 is 9.47 Å². The maximum absolute atomic E-state index is 6.40. The molecule has 4 heterocycles. The van der Waals surface area contributed by atoms with Crippen LogP contribution in [-0.4, -0.2) is 29.5 Å². The van der Waals surface area contributed by atoms with Gasteiger partial charge in [-0.05, 0) is 83.6 Å². The van der Waals surface area contributed by atoms with Gasteiger partial charge in [-0.2, -0.15) is 22.9 Å². The zero-order valence-electron chi connectivity index (χ0n) is 34.5. The number of aromatic nitrogens is 6. The smallest absolute Gasteiger partial charge is 0.503 e. The van der Waals surface area contributed by atoms with Crippen LogP contribution >= 0.6 is 0 Å². The summed E-state index contributed by atoms with van der Waals surface area (Å²) in [5.74, 6) is 2.46. The van der Waals surface area contributed by atoms with Crippen LogP contribution in [0, 0.1) is 52.0 Å². The van der Waals surface area contributed by atoms with Gasteiger partial charge in [-0.1, -0.05) is 83.8 Å². The van der Waals surface area contributed by atoms with Gasteiger partial charge in [-0.3, -0.25) is 0 Å². The van der Waals surface area contributed by atoms with Gasteiger partial charge in [0.25, 0.3) is 0 Å². The van der Waals surface area contributed by atoms with Gasteiger partial charge in [-0.15, -0.1) is 71.8 Å². The number of pyridine rings is 2. The molecule has 6 aromatic carbocycles. The first kappa shape index (κ1) is 43.0. The van der Waals surface area contributed by atoms with Gasteiger partial charge < -0.3 is 24.0 Å². The zero-order valence-corrected chi connectivity index (χ0v) is 38.3. The summed E-state index contributed by atoms with van der Waals surface area (Å²) in [6, 6.07) is 54.0. The molecule has 0 fully saturated rings. The van der Waals surface area contributed by atoms with Crippen LogP contribution in [-0.2, 0) is 41.5 Å².